The number of anilines is 4. The van der Waals surface area contributed by atoms with E-state index in [1.54, 1.807) is 54.0 Å². The fraction of sp³-hybridized carbons (Fsp3) is 0.238. The molecule has 0 saturated heterocycles. The van der Waals surface area contributed by atoms with E-state index in [1.165, 1.54) is 82.3 Å². The van der Waals surface area contributed by atoms with Crippen molar-refractivity contribution in [3.63, 3.8) is 0 Å². The van der Waals surface area contributed by atoms with Crippen LogP contribution < -0.4 is 21.3 Å². The van der Waals surface area contributed by atoms with Gasteiger partial charge in [-0.05, 0) is 169 Å². The summed E-state index contributed by atoms with van der Waals surface area (Å²) in [7, 11) is -6.35. The fourth-order valence-electron chi connectivity index (χ4n) is 17.0. The quantitative estimate of drug-likeness (QED) is 0.0347. The SMILES string of the molecule is CC(C)OC(=O)Cc1cncc(-c2nc(NCc3ccccn3)c3c(-c4ccccc4)ccn3n2)c1.CS(=O)(=O)Cc1cncc(-c2nc(NCC3CCCCC3)c3c(-c4ccccc4)ccn3n2)c1.CS(=O)(=O)Cc1cncc(-c2nc(NCc3ccccc3)c3c(-c4ccccc4)ccn3n2)c1.Cc1cncc(-c2nc(NCC3CCCCC3)c3c(-c4ccccc4)ccn3n2)c1. The van der Waals surface area contributed by atoms with Crippen LogP contribution in [0.2, 0.25) is 0 Å². The number of carbonyl (C=O) groups is 1. The first-order valence-electron chi connectivity index (χ1n) is 45.3. The number of aryl methyl sites for hydroxylation is 1. The van der Waals surface area contributed by atoms with Crippen molar-refractivity contribution < 1.29 is 26.4 Å². The average molecular weight is 1820 g/mol. The van der Waals surface area contributed by atoms with E-state index >= 15 is 0 Å². The summed E-state index contributed by atoms with van der Waals surface area (Å²) >= 11 is 0. The molecular formula is C105H105N21O6S2. The van der Waals surface area contributed by atoms with Crippen molar-refractivity contribution in [1.29, 1.82) is 0 Å². The molecule has 0 bridgehead atoms. The van der Waals surface area contributed by atoms with E-state index < -0.39 is 19.7 Å². The van der Waals surface area contributed by atoms with E-state index in [4.69, 9.17) is 45.1 Å². The van der Waals surface area contributed by atoms with Crippen molar-refractivity contribution in [1.82, 2.24) is 83.3 Å². The predicted octanol–water partition coefficient (Wildman–Crippen LogP) is 20.3. The van der Waals surface area contributed by atoms with Gasteiger partial charge in [0.25, 0.3) is 0 Å². The maximum Gasteiger partial charge on any atom is 0.310 e. The number of nitrogens with zero attached hydrogens (tertiary/aromatic N) is 17. The number of hydrogen-bond acceptors (Lipinski definition) is 23. The summed E-state index contributed by atoms with van der Waals surface area (Å²) in [5.74, 6) is 6.12. The van der Waals surface area contributed by atoms with E-state index in [9.17, 15) is 21.6 Å². The van der Waals surface area contributed by atoms with Crippen LogP contribution in [0.25, 0.3) is 112 Å². The lowest BCUT2D eigenvalue weighted by atomic mass is 9.89. The molecule has 29 heteroatoms. The predicted molar refractivity (Wildman–Crippen MR) is 529 cm³/mol. The van der Waals surface area contributed by atoms with Crippen LogP contribution in [0, 0.1) is 18.8 Å². The third kappa shape index (κ3) is 23.4. The van der Waals surface area contributed by atoms with Crippen molar-refractivity contribution in [2.45, 2.75) is 122 Å². The lowest BCUT2D eigenvalue weighted by Gasteiger charge is -2.22. The molecule has 0 radical (unpaired) electrons. The first kappa shape index (κ1) is 90.8. The molecular weight excluding hydrogens is 1720 g/mol. The number of fused-ring (bicyclic) bond motifs is 4. The van der Waals surface area contributed by atoms with Gasteiger partial charge in [0.15, 0.2) is 66.2 Å². The van der Waals surface area contributed by atoms with Crippen LogP contribution in [0.5, 0.6) is 0 Å². The van der Waals surface area contributed by atoms with E-state index in [1.807, 2.05) is 193 Å². The summed E-state index contributed by atoms with van der Waals surface area (Å²) in [4.78, 5) is 53.3. The maximum absolute atomic E-state index is 12.2. The Morgan fingerprint density at radius 1 is 0.373 bits per heavy atom. The topological polar surface area (TPSA) is 328 Å². The molecule has 13 heterocycles. The number of aromatic nitrogens is 17. The van der Waals surface area contributed by atoms with Gasteiger partial charge >= 0.3 is 5.97 Å². The van der Waals surface area contributed by atoms with E-state index in [0.29, 0.717) is 87.7 Å². The number of esters is 1. The van der Waals surface area contributed by atoms with Gasteiger partial charge in [-0.15, -0.1) is 20.4 Å². The number of pyridine rings is 5. The number of hydrogen-bond donors (Lipinski definition) is 4. The molecule has 0 unspecified atom stereocenters. The largest absolute Gasteiger partial charge is 0.463 e. The number of benzene rings is 5. The number of ether oxygens (including phenoxy) is 1. The summed E-state index contributed by atoms with van der Waals surface area (Å²) in [6.45, 7) is 8.63. The highest BCUT2D eigenvalue weighted by Gasteiger charge is 2.25. The Labute approximate surface area is 779 Å². The van der Waals surface area contributed by atoms with Gasteiger partial charge in [-0.3, -0.25) is 29.7 Å². The van der Waals surface area contributed by atoms with Crippen LogP contribution in [0.3, 0.4) is 0 Å². The van der Waals surface area contributed by atoms with Gasteiger partial charge in [0.1, 0.15) is 22.1 Å². The Morgan fingerprint density at radius 3 is 1.07 bits per heavy atom. The molecule has 0 spiro atoms. The molecule has 18 aromatic rings. The molecule has 2 aliphatic rings. The van der Waals surface area contributed by atoms with Gasteiger partial charge < -0.3 is 26.0 Å². The molecule has 13 aromatic heterocycles. The zero-order chi connectivity index (χ0) is 92.3. The summed E-state index contributed by atoms with van der Waals surface area (Å²) in [5.41, 5.74) is 20.5. The summed E-state index contributed by atoms with van der Waals surface area (Å²) in [6, 6.07) is 72.7. The van der Waals surface area contributed by atoms with Crippen LogP contribution in [-0.2, 0) is 60.2 Å². The molecule has 2 saturated carbocycles. The van der Waals surface area contributed by atoms with Crippen molar-refractivity contribution in [3.05, 3.63) is 332 Å². The lowest BCUT2D eigenvalue weighted by molar-refractivity contribution is -0.146. The number of nitrogens with one attached hydrogen (secondary N) is 4. The summed E-state index contributed by atoms with van der Waals surface area (Å²) in [5, 5.41) is 33.3. The van der Waals surface area contributed by atoms with E-state index in [-0.39, 0.29) is 30.0 Å². The van der Waals surface area contributed by atoms with Gasteiger partial charge in [-0.2, -0.15) is 0 Å². The van der Waals surface area contributed by atoms with Crippen molar-refractivity contribution >= 4 is 71.0 Å². The Morgan fingerprint density at radius 2 is 0.709 bits per heavy atom. The molecule has 0 aliphatic heterocycles. The minimum absolute atomic E-state index is 0.0649. The third-order valence-electron chi connectivity index (χ3n) is 23.3. The lowest BCUT2D eigenvalue weighted by Crippen LogP contribution is -2.18. The van der Waals surface area contributed by atoms with Crippen molar-refractivity contribution in [2.75, 3.05) is 46.9 Å². The highest BCUT2D eigenvalue weighted by atomic mass is 32.2. The minimum Gasteiger partial charge on any atom is -0.463 e. The molecule has 2 aliphatic carbocycles. The first-order valence-corrected chi connectivity index (χ1v) is 49.4. The van der Waals surface area contributed by atoms with Crippen LogP contribution in [0.1, 0.15) is 112 Å². The second-order valence-electron chi connectivity index (χ2n) is 34.3. The summed E-state index contributed by atoms with van der Waals surface area (Å²) < 4.78 is 59.8. The number of carbonyl (C=O) groups excluding carboxylic acids is 1. The number of sulfone groups is 2. The highest BCUT2D eigenvalue weighted by molar-refractivity contribution is 7.90. The monoisotopic (exact) mass is 1820 g/mol. The molecule has 27 nitrogen and oxygen atoms in total. The van der Waals surface area contributed by atoms with Gasteiger partial charge in [-0.1, -0.05) is 196 Å². The van der Waals surface area contributed by atoms with E-state index in [0.717, 1.165) is 114 Å². The van der Waals surface area contributed by atoms with Crippen molar-refractivity contribution in [2.24, 2.45) is 11.8 Å². The minimum atomic E-state index is -3.18. The Bertz CT molecular complexity index is 7300. The van der Waals surface area contributed by atoms with Crippen molar-refractivity contribution in [3.8, 4) is 90.1 Å². The molecule has 4 N–H and O–H groups in total. The van der Waals surface area contributed by atoms with E-state index in [2.05, 4.69) is 137 Å². The van der Waals surface area contributed by atoms with Gasteiger partial charge in [0.05, 0.1) is 36.3 Å². The second-order valence-corrected chi connectivity index (χ2v) is 38.6. The normalized spacial score (nSPS) is 13.0. The molecule has 134 heavy (non-hydrogen) atoms. The van der Waals surface area contributed by atoms with Gasteiger partial charge in [-0.25, -0.2) is 54.8 Å². The Kier molecular flexibility index (Phi) is 28.7. The molecule has 0 atom stereocenters. The molecule has 678 valence electrons. The van der Waals surface area contributed by atoms with Crippen LogP contribution in [0.4, 0.5) is 23.3 Å². The third-order valence-corrected chi connectivity index (χ3v) is 25.0. The molecule has 5 aromatic carbocycles. The van der Waals surface area contributed by atoms with Crippen LogP contribution in [0.15, 0.2) is 299 Å². The second kappa shape index (κ2) is 42.4. The maximum atomic E-state index is 12.2. The fourth-order valence-corrected chi connectivity index (χ4v) is 18.6. The Balaban J connectivity index is 0.000000125. The molecule has 0 amide bonds. The first-order chi connectivity index (χ1) is 65.3. The Hall–Kier alpha value is -15.1. The van der Waals surface area contributed by atoms with Crippen LogP contribution in [-0.4, -0.2) is 138 Å². The molecule has 2 fully saturated rings. The van der Waals surface area contributed by atoms with Crippen LogP contribution >= 0.6 is 0 Å². The standard InChI is InChI=1S/C28H26N6O2.C26H29N5O2S.C26H23N5O2S.C25H27N5/c1-19(2)36-25(35)15-20-14-22(17-29-16-20)27-32-28(31-18-23-10-6-7-12-30-23)26-24(11-13-34(26)33-27)21-8-4-3-5-9-21;2*1-34(32,33)18-20-14-22(17-27-15-20)25-29-26(28-16-19-8-4-2-5-9-19)24-23(12-13-31(24)30-25)21-10-6-3-7-11-21;1-18-14-21(17-26-15-18)24-28-25(27-16-19-8-4-2-5-9-19)23-22(12-13-30(23)29-24)20-10-6-3-7-11-20/h3-14,16-17,19H,15,18H2,1-2H3,(H,31,32,33);3,6-7,10-15,17,19H,2,4-5,8-9,16,18H2,1H3,(H,28,29,30);2-15,17H,16,18H2,1H3,(H,28,29,30);3,6-7,10-15,17,19H,2,4-5,8-9,16H2,1H3,(H,27,28,29). The molecule has 20 rings (SSSR count). The highest BCUT2D eigenvalue weighted by Crippen LogP contribution is 2.38. The smallest absolute Gasteiger partial charge is 0.310 e. The summed E-state index contributed by atoms with van der Waals surface area (Å²) in [6.07, 6.45) is 38.5. The zero-order valence-corrected chi connectivity index (χ0v) is 77.0. The average Bonchev–Trinajstić information content (AvgIpc) is 1.60. The van der Waals surface area contributed by atoms with Gasteiger partial charge in [0, 0.05) is 157 Å². The number of rotatable bonds is 27. The van der Waals surface area contributed by atoms with Gasteiger partial charge in [0.2, 0.25) is 0 Å². The zero-order valence-electron chi connectivity index (χ0n) is 75.4.